The van der Waals surface area contributed by atoms with E-state index in [2.05, 4.69) is 30.3 Å². The molecule has 0 saturated heterocycles. The van der Waals surface area contributed by atoms with Gasteiger partial charge in [-0.3, -0.25) is 4.79 Å². The Bertz CT molecular complexity index is 822. The second kappa shape index (κ2) is 7.74. The Labute approximate surface area is 152 Å². The average molecular weight is 353 g/mol. The third-order valence-corrected chi connectivity index (χ3v) is 5.32. The van der Waals surface area contributed by atoms with E-state index in [4.69, 9.17) is 0 Å². The summed E-state index contributed by atoms with van der Waals surface area (Å²) < 4.78 is 2.03. The Morgan fingerprint density at radius 1 is 1.16 bits per heavy atom. The van der Waals surface area contributed by atoms with Crippen LogP contribution >= 0.6 is 11.8 Å². The highest BCUT2D eigenvalue weighted by Gasteiger charge is 2.12. The fourth-order valence-corrected chi connectivity index (χ4v) is 3.16. The molecule has 4 nitrogen and oxygen atoms in total. The molecule has 5 heteroatoms. The molecular weight excluding hydrogens is 330 g/mol. The predicted octanol–water partition coefficient (Wildman–Crippen LogP) is 4.40. The molecule has 0 aliphatic rings. The van der Waals surface area contributed by atoms with Crippen molar-refractivity contribution in [1.82, 2.24) is 14.7 Å². The minimum Gasteiger partial charge on any atom is -0.349 e. The normalized spacial score (nSPS) is 12.5. The zero-order chi connectivity index (χ0) is 17.8. The zero-order valence-corrected chi connectivity index (χ0v) is 15.6. The smallest absolute Gasteiger partial charge is 0.251 e. The molecule has 1 unspecified atom stereocenters. The topological polar surface area (TPSA) is 46.4 Å². The number of aromatic nitrogens is 2. The van der Waals surface area contributed by atoms with Gasteiger partial charge in [0.05, 0.1) is 5.69 Å². The summed E-state index contributed by atoms with van der Waals surface area (Å²) in [7, 11) is 0. The van der Waals surface area contributed by atoms with Crippen molar-refractivity contribution in [3.8, 4) is 0 Å². The van der Waals surface area contributed by atoms with Crippen molar-refractivity contribution in [2.45, 2.75) is 37.5 Å². The van der Waals surface area contributed by atoms with E-state index < -0.39 is 0 Å². The number of hydrogen-bond donors (Lipinski definition) is 1. The molecule has 2 heterocycles. The van der Waals surface area contributed by atoms with Gasteiger partial charge in [0.2, 0.25) is 0 Å². The van der Waals surface area contributed by atoms with Crippen molar-refractivity contribution < 1.29 is 4.79 Å². The van der Waals surface area contributed by atoms with Crippen LogP contribution in [0.3, 0.4) is 0 Å². The fourth-order valence-electron chi connectivity index (χ4n) is 2.37. The molecule has 0 fully saturated rings. The minimum atomic E-state index is -0.0156. The summed E-state index contributed by atoms with van der Waals surface area (Å²) in [6.45, 7) is 6.23. The van der Waals surface area contributed by atoms with E-state index in [-0.39, 0.29) is 11.9 Å². The van der Waals surface area contributed by atoms with E-state index in [0.717, 1.165) is 22.0 Å². The van der Waals surface area contributed by atoms with Gasteiger partial charge in [0.25, 0.3) is 5.91 Å². The van der Waals surface area contributed by atoms with Crippen LogP contribution in [0.1, 0.15) is 36.8 Å². The Morgan fingerprint density at radius 3 is 2.60 bits per heavy atom. The maximum Gasteiger partial charge on any atom is 0.251 e. The highest BCUT2D eigenvalue weighted by molar-refractivity contribution is 7.98. The highest BCUT2D eigenvalue weighted by Crippen LogP contribution is 2.23. The van der Waals surface area contributed by atoms with E-state index in [1.165, 1.54) is 0 Å². The summed E-state index contributed by atoms with van der Waals surface area (Å²) in [4.78, 5) is 17.9. The molecule has 3 rings (SSSR count). The molecule has 3 aromatic rings. The molecule has 0 aliphatic carbocycles. The molecule has 0 saturated carbocycles. The molecule has 1 aromatic carbocycles. The van der Waals surface area contributed by atoms with Gasteiger partial charge in [-0.05, 0) is 49.2 Å². The maximum atomic E-state index is 12.2. The second-order valence-corrected chi connectivity index (χ2v) is 7.57. The molecule has 2 aromatic heterocycles. The number of pyridine rings is 1. The minimum absolute atomic E-state index is 0.0156. The van der Waals surface area contributed by atoms with Crippen molar-refractivity contribution in [3.63, 3.8) is 0 Å². The van der Waals surface area contributed by atoms with Gasteiger partial charge in [0.1, 0.15) is 5.65 Å². The number of thioether (sulfide) groups is 1. The lowest BCUT2D eigenvalue weighted by atomic mass is 10.1. The van der Waals surface area contributed by atoms with Gasteiger partial charge in [-0.15, -0.1) is 11.8 Å². The number of rotatable bonds is 6. The van der Waals surface area contributed by atoms with Gasteiger partial charge in [0.15, 0.2) is 0 Å². The van der Waals surface area contributed by atoms with E-state index in [1.807, 2.05) is 60.0 Å². The standard InChI is InChI=1S/C20H23N3OS/c1-14(2)15(3)21-20(24)16-7-9-18(10-8-16)25-13-17-12-23-11-5-4-6-19(23)22-17/h4-12,14-15H,13H2,1-3H3,(H,21,24). The van der Waals surface area contributed by atoms with Crippen LogP contribution < -0.4 is 5.32 Å². The van der Waals surface area contributed by atoms with Gasteiger partial charge in [0, 0.05) is 34.6 Å². The van der Waals surface area contributed by atoms with Crippen molar-refractivity contribution in [3.05, 3.63) is 66.1 Å². The Morgan fingerprint density at radius 2 is 1.92 bits per heavy atom. The lowest BCUT2D eigenvalue weighted by molar-refractivity contribution is 0.0930. The van der Waals surface area contributed by atoms with E-state index in [9.17, 15) is 4.79 Å². The molecule has 25 heavy (non-hydrogen) atoms. The van der Waals surface area contributed by atoms with Crippen LogP contribution in [0.25, 0.3) is 5.65 Å². The molecular formula is C20H23N3OS. The molecule has 130 valence electrons. The maximum absolute atomic E-state index is 12.2. The van der Waals surface area contributed by atoms with Crippen LogP contribution in [-0.4, -0.2) is 21.3 Å². The third-order valence-electron chi connectivity index (χ3n) is 4.28. The summed E-state index contributed by atoms with van der Waals surface area (Å²) in [6.07, 6.45) is 4.06. The van der Waals surface area contributed by atoms with E-state index in [1.54, 1.807) is 11.8 Å². The summed E-state index contributed by atoms with van der Waals surface area (Å²) in [5, 5.41) is 3.03. The van der Waals surface area contributed by atoms with Crippen LogP contribution in [0.5, 0.6) is 0 Å². The third kappa shape index (κ3) is 4.42. The molecule has 1 N–H and O–H groups in total. The van der Waals surface area contributed by atoms with Crippen LogP contribution in [0, 0.1) is 5.92 Å². The zero-order valence-electron chi connectivity index (χ0n) is 14.8. The van der Waals surface area contributed by atoms with Gasteiger partial charge in [-0.2, -0.15) is 0 Å². The van der Waals surface area contributed by atoms with Crippen molar-refractivity contribution in [2.24, 2.45) is 5.92 Å². The van der Waals surface area contributed by atoms with Gasteiger partial charge in [-0.25, -0.2) is 4.98 Å². The predicted molar refractivity (Wildman–Crippen MR) is 103 cm³/mol. The van der Waals surface area contributed by atoms with Crippen LogP contribution in [-0.2, 0) is 5.75 Å². The summed E-state index contributed by atoms with van der Waals surface area (Å²) in [5.74, 6) is 1.21. The van der Waals surface area contributed by atoms with E-state index in [0.29, 0.717) is 11.5 Å². The molecule has 0 radical (unpaired) electrons. The largest absolute Gasteiger partial charge is 0.349 e. The van der Waals surface area contributed by atoms with Crippen molar-refractivity contribution >= 4 is 23.3 Å². The lowest BCUT2D eigenvalue weighted by Crippen LogP contribution is -2.36. The molecule has 1 atom stereocenters. The number of amides is 1. The molecule has 0 spiro atoms. The summed E-state index contributed by atoms with van der Waals surface area (Å²) in [6, 6.07) is 13.9. The van der Waals surface area contributed by atoms with Gasteiger partial charge >= 0.3 is 0 Å². The number of carbonyl (C=O) groups is 1. The van der Waals surface area contributed by atoms with Gasteiger partial charge in [-0.1, -0.05) is 19.9 Å². The number of imidazole rings is 1. The van der Waals surface area contributed by atoms with Crippen molar-refractivity contribution in [2.75, 3.05) is 0 Å². The Kier molecular flexibility index (Phi) is 5.43. The first-order valence-electron chi connectivity index (χ1n) is 8.49. The molecule has 0 aliphatic heterocycles. The average Bonchev–Trinajstić information content (AvgIpc) is 3.03. The SMILES string of the molecule is CC(C)C(C)NC(=O)c1ccc(SCc2cn3ccccc3n2)cc1. The monoisotopic (exact) mass is 353 g/mol. The molecule has 1 amide bonds. The number of carbonyl (C=O) groups excluding carboxylic acids is 1. The highest BCUT2D eigenvalue weighted by atomic mass is 32.2. The fraction of sp³-hybridized carbons (Fsp3) is 0.300. The van der Waals surface area contributed by atoms with Crippen LogP contribution in [0.4, 0.5) is 0 Å². The number of nitrogens with one attached hydrogen (secondary N) is 1. The Balaban J connectivity index is 1.59. The summed E-state index contributed by atoms with van der Waals surface area (Å²) in [5.41, 5.74) is 2.71. The number of hydrogen-bond acceptors (Lipinski definition) is 3. The first-order valence-corrected chi connectivity index (χ1v) is 9.48. The second-order valence-electron chi connectivity index (χ2n) is 6.52. The van der Waals surface area contributed by atoms with Crippen LogP contribution in [0.2, 0.25) is 0 Å². The quantitative estimate of drug-likeness (QED) is 0.668. The number of fused-ring (bicyclic) bond motifs is 1. The lowest BCUT2D eigenvalue weighted by Gasteiger charge is -2.17. The Hall–Kier alpha value is -2.27. The van der Waals surface area contributed by atoms with Crippen molar-refractivity contribution in [1.29, 1.82) is 0 Å². The summed E-state index contributed by atoms with van der Waals surface area (Å²) >= 11 is 1.72. The molecule has 0 bridgehead atoms. The number of nitrogens with zero attached hydrogens (tertiary/aromatic N) is 2. The first-order chi connectivity index (χ1) is 12.0. The van der Waals surface area contributed by atoms with Crippen LogP contribution in [0.15, 0.2) is 59.8 Å². The van der Waals surface area contributed by atoms with Gasteiger partial charge < -0.3 is 9.72 Å². The first kappa shape index (κ1) is 17.5. The van der Waals surface area contributed by atoms with E-state index >= 15 is 0 Å². The number of benzene rings is 1.